The van der Waals surface area contributed by atoms with Crippen LogP contribution in [0, 0.1) is 20.8 Å². The molecule has 3 rings (SSSR count). The van der Waals surface area contributed by atoms with Crippen molar-refractivity contribution >= 4 is 10.9 Å². The van der Waals surface area contributed by atoms with Gasteiger partial charge in [-0.05, 0) is 50.6 Å². The number of hydrogen-bond donors (Lipinski definition) is 4. The lowest BCUT2D eigenvalue weighted by Gasteiger charge is -2.23. The number of hydrogen-bond acceptors (Lipinski definition) is 4. The molecule has 0 aliphatic rings. The fourth-order valence-electron chi connectivity index (χ4n) is 3.31. The molecule has 0 saturated heterocycles. The van der Waals surface area contributed by atoms with Crippen molar-refractivity contribution in [2.45, 2.75) is 41.4 Å². The molecule has 0 bridgehead atoms. The molecule has 0 heterocycles. The Hall–Kier alpha value is -2.31. The van der Waals surface area contributed by atoms with Gasteiger partial charge in [-0.1, -0.05) is 36.4 Å². The van der Waals surface area contributed by atoms with Crippen LogP contribution in [0.5, 0.6) is 5.75 Å². The van der Waals surface area contributed by atoms with Crippen molar-refractivity contribution < 1.29 is 20.4 Å². The van der Waals surface area contributed by atoms with Gasteiger partial charge in [-0.2, -0.15) is 0 Å². The third-order valence-corrected chi connectivity index (χ3v) is 7.22. The Morgan fingerprint density at radius 2 is 1.11 bits per heavy atom. The summed E-state index contributed by atoms with van der Waals surface area (Å²) in [5.74, 6) is -3.42. The van der Waals surface area contributed by atoms with Crippen LogP contribution in [0.2, 0.25) is 0 Å². The lowest BCUT2D eigenvalue weighted by atomic mass is 9.97. The number of aliphatic hydroxyl groups is 3. The van der Waals surface area contributed by atoms with Gasteiger partial charge < -0.3 is 20.4 Å². The Labute approximate surface area is 161 Å². The highest BCUT2D eigenvalue weighted by Crippen LogP contribution is 2.43. The van der Waals surface area contributed by atoms with E-state index in [4.69, 9.17) is 0 Å². The maximum Gasteiger partial charge on any atom is 0.308 e. The van der Waals surface area contributed by atoms with Gasteiger partial charge in [-0.15, -0.1) is 0 Å². The quantitative estimate of drug-likeness (QED) is 0.411. The van der Waals surface area contributed by atoms with E-state index in [9.17, 15) is 20.4 Å². The van der Waals surface area contributed by atoms with Crippen molar-refractivity contribution in [3.05, 3.63) is 82.9 Å². The van der Waals surface area contributed by atoms with Crippen LogP contribution in [0.15, 0.2) is 75.4 Å². The Balaban J connectivity index is 2.39. The Morgan fingerprint density at radius 3 is 1.52 bits per heavy atom. The SMILES string of the molecule is Cc1c(C)c([S+](c2ccccc2)c2ccccc2)c(C)c(C(O)(O)O)c1O. The summed E-state index contributed by atoms with van der Waals surface area (Å²) in [5, 5.41) is 40.1. The van der Waals surface area contributed by atoms with Crippen LogP contribution in [0.1, 0.15) is 22.3 Å². The molecule has 3 aromatic rings. The van der Waals surface area contributed by atoms with Gasteiger partial charge in [0.1, 0.15) is 5.75 Å². The minimum atomic E-state index is -3.12. The van der Waals surface area contributed by atoms with Crippen LogP contribution in [-0.2, 0) is 16.9 Å². The van der Waals surface area contributed by atoms with E-state index in [0.29, 0.717) is 11.1 Å². The molecular weight excluding hydrogens is 360 g/mol. The van der Waals surface area contributed by atoms with E-state index >= 15 is 0 Å². The molecular formula is C22H23O4S+. The van der Waals surface area contributed by atoms with Gasteiger partial charge in [0.05, 0.1) is 16.5 Å². The fourth-order valence-corrected chi connectivity index (χ4v) is 5.78. The summed E-state index contributed by atoms with van der Waals surface area (Å²) in [7, 11) is -0.546. The second kappa shape index (κ2) is 7.37. The van der Waals surface area contributed by atoms with E-state index in [0.717, 1.165) is 20.2 Å². The molecule has 4 N–H and O–H groups in total. The Bertz CT molecular complexity index is 908. The Kier molecular flexibility index (Phi) is 5.31. The van der Waals surface area contributed by atoms with Gasteiger partial charge >= 0.3 is 5.97 Å². The number of rotatable bonds is 4. The maximum absolute atomic E-state index is 10.5. The molecule has 0 unspecified atom stereocenters. The molecule has 0 fully saturated rings. The zero-order chi connectivity index (χ0) is 19.8. The van der Waals surface area contributed by atoms with Crippen molar-refractivity contribution in [2.24, 2.45) is 0 Å². The molecule has 0 aliphatic heterocycles. The van der Waals surface area contributed by atoms with Crippen molar-refractivity contribution in [1.82, 2.24) is 0 Å². The largest absolute Gasteiger partial charge is 0.507 e. The van der Waals surface area contributed by atoms with Gasteiger partial charge in [0, 0.05) is 11.1 Å². The van der Waals surface area contributed by atoms with Crippen LogP contribution in [0.25, 0.3) is 0 Å². The highest BCUT2D eigenvalue weighted by atomic mass is 32.2. The first kappa shape index (κ1) is 19.5. The predicted molar refractivity (Wildman–Crippen MR) is 106 cm³/mol. The number of phenols is 1. The van der Waals surface area contributed by atoms with Crippen molar-refractivity contribution in [3.8, 4) is 5.75 Å². The molecule has 0 aliphatic carbocycles. The van der Waals surface area contributed by atoms with Crippen LogP contribution < -0.4 is 0 Å². The topological polar surface area (TPSA) is 80.9 Å². The molecule has 0 atom stereocenters. The van der Waals surface area contributed by atoms with E-state index in [2.05, 4.69) is 0 Å². The second-order valence-electron chi connectivity index (χ2n) is 6.50. The lowest BCUT2D eigenvalue weighted by molar-refractivity contribution is -0.324. The summed E-state index contributed by atoms with van der Waals surface area (Å²) in [6.45, 7) is 5.31. The molecule has 27 heavy (non-hydrogen) atoms. The normalized spacial score (nSPS) is 11.8. The predicted octanol–water partition coefficient (Wildman–Crippen LogP) is 3.50. The third kappa shape index (κ3) is 3.59. The highest BCUT2D eigenvalue weighted by Gasteiger charge is 2.39. The standard InChI is InChI=1S/C22H22O4S/c1-14-15(2)21(16(3)19(20(14)23)22(24,25)26)27(17-10-6-4-7-11-17)18-12-8-5-9-13-18/h4-13,24-26H,1-3H3/p+1. The number of aromatic hydroxyl groups is 1. The molecule has 0 aromatic heterocycles. The van der Waals surface area contributed by atoms with Gasteiger partial charge in [-0.25, -0.2) is 0 Å². The van der Waals surface area contributed by atoms with Gasteiger partial charge in [0.15, 0.2) is 14.7 Å². The van der Waals surface area contributed by atoms with Gasteiger partial charge in [0.2, 0.25) is 0 Å². The second-order valence-corrected chi connectivity index (χ2v) is 8.46. The van der Waals surface area contributed by atoms with Gasteiger partial charge in [-0.3, -0.25) is 0 Å². The molecule has 4 nitrogen and oxygen atoms in total. The average Bonchev–Trinajstić information content (AvgIpc) is 2.64. The monoisotopic (exact) mass is 383 g/mol. The minimum absolute atomic E-state index is 0.273. The fraction of sp³-hybridized carbons (Fsp3) is 0.182. The minimum Gasteiger partial charge on any atom is -0.507 e. The van der Waals surface area contributed by atoms with E-state index in [1.807, 2.05) is 67.6 Å². The van der Waals surface area contributed by atoms with Crippen LogP contribution in [-0.4, -0.2) is 20.4 Å². The first-order valence-electron chi connectivity index (χ1n) is 8.58. The summed E-state index contributed by atoms with van der Waals surface area (Å²) in [4.78, 5) is 2.98. The first-order chi connectivity index (χ1) is 12.7. The van der Waals surface area contributed by atoms with Crippen molar-refractivity contribution in [3.63, 3.8) is 0 Å². The summed E-state index contributed by atoms with van der Waals surface area (Å²) in [6, 6.07) is 19.9. The molecule has 0 amide bonds. The zero-order valence-electron chi connectivity index (χ0n) is 15.5. The summed E-state index contributed by atoms with van der Waals surface area (Å²) in [5.41, 5.74) is 1.55. The molecule has 0 spiro atoms. The van der Waals surface area contributed by atoms with E-state index < -0.39 is 16.9 Å². The average molecular weight is 383 g/mol. The third-order valence-electron chi connectivity index (χ3n) is 4.71. The molecule has 140 valence electrons. The molecule has 0 radical (unpaired) electrons. The molecule has 3 aromatic carbocycles. The Morgan fingerprint density at radius 1 is 0.667 bits per heavy atom. The van der Waals surface area contributed by atoms with Crippen molar-refractivity contribution in [2.75, 3.05) is 0 Å². The molecule has 5 heteroatoms. The van der Waals surface area contributed by atoms with Crippen molar-refractivity contribution in [1.29, 1.82) is 0 Å². The summed E-state index contributed by atoms with van der Waals surface area (Å²) >= 11 is 0. The number of benzene rings is 3. The van der Waals surface area contributed by atoms with E-state index in [1.165, 1.54) is 0 Å². The van der Waals surface area contributed by atoms with Crippen LogP contribution in [0.4, 0.5) is 0 Å². The van der Waals surface area contributed by atoms with Crippen LogP contribution >= 0.6 is 0 Å². The van der Waals surface area contributed by atoms with E-state index in [1.54, 1.807) is 13.8 Å². The molecule has 0 saturated carbocycles. The maximum atomic E-state index is 10.5. The highest BCUT2D eigenvalue weighted by molar-refractivity contribution is 7.97. The lowest BCUT2D eigenvalue weighted by Crippen LogP contribution is -2.27. The summed E-state index contributed by atoms with van der Waals surface area (Å²) < 4.78 is 0. The smallest absolute Gasteiger partial charge is 0.308 e. The van der Waals surface area contributed by atoms with Crippen LogP contribution in [0.3, 0.4) is 0 Å². The van der Waals surface area contributed by atoms with Gasteiger partial charge in [0.25, 0.3) is 0 Å². The summed E-state index contributed by atoms with van der Waals surface area (Å²) in [6.07, 6.45) is 0. The zero-order valence-corrected chi connectivity index (χ0v) is 16.3. The first-order valence-corrected chi connectivity index (χ1v) is 9.80. The van der Waals surface area contributed by atoms with E-state index in [-0.39, 0.29) is 11.3 Å². The number of phenolic OH excluding ortho intramolecular Hbond substituents is 1.